The van der Waals surface area contributed by atoms with Crippen molar-refractivity contribution in [3.63, 3.8) is 0 Å². The highest BCUT2D eigenvalue weighted by Crippen LogP contribution is 2.25. The van der Waals surface area contributed by atoms with E-state index >= 15 is 0 Å². The number of esters is 1. The van der Waals surface area contributed by atoms with Crippen LogP contribution in [0.4, 0.5) is 0 Å². The molecule has 2 aromatic carbocycles. The van der Waals surface area contributed by atoms with Crippen LogP contribution in [-0.4, -0.2) is 25.3 Å². The van der Waals surface area contributed by atoms with Gasteiger partial charge in [0.1, 0.15) is 5.76 Å². The summed E-state index contributed by atoms with van der Waals surface area (Å²) in [7, 11) is 2.76. The summed E-state index contributed by atoms with van der Waals surface area (Å²) in [6, 6.07) is 13.7. The van der Waals surface area contributed by atoms with Crippen molar-refractivity contribution in [2.75, 3.05) is 14.2 Å². The third kappa shape index (κ3) is 3.83. The number of aliphatic hydroxyl groups excluding tert-OH is 1. The number of rotatable bonds is 5. The number of methoxy groups -OCH3 is 2. The Bertz CT molecular complexity index is 661. The first kappa shape index (κ1) is 15.1. The first-order chi connectivity index (χ1) is 10.1. The molecule has 0 bridgehead atoms. The van der Waals surface area contributed by atoms with Crippen molar-refractivity contribution in [2.45, 2.75) is 12.5 Å². The minimum absolute atomic E-state index is 0.212. The van der Waals surface area contributed by atoms with E-state index in [0.717, 1.165) is 16.3 Å². The molecule has 0 amide bonds. The Morgan fingerprint density at radius 3 is 2.52 bits per heavy atom. The van der Waals surface area contributed by atoms with E-state index in [9.17, 15) is 9.90 Å². The Labute approximate surface area is 123 Å². The van der Waals surface area contributed by atoms with Crippen molar-refractivity contribution in [1.82, 2.24) is 0 Å². The Hall–Kier alpha value is -2.33. The van der Waals surface area contributed by atoms with Crippen LogP contribution in [0.5, 0.6) is 0 Å². The largest absolute Gasteiger partial charge is 0.501 e. The van der Waals surface area contributed by atoms with Crippen LogP contribution in [0.3, 0.4) is 0 Å². The van der Waals surface area contributed by atoms with E-state index in [1.165, 1.54) is 20.3 Å². The topological polar surface area (TPSA) is 55.8 Å². The van der Waals surface area contributed by atoms with Crippen LogP contribution in [0.25, 0.3) is 10.8 Å². The Morgan fingerprint density at radius 1 is 1.14 bits per heavy atom. The van der Waals surface area contributed by atoms with E-state index in [0.29, 0.717) is 5.76 Å². The number of carbonyl (C=O) groups excluding carboxylic acids is 1. The smallest absolute Gasteiger partial charge is 0.333 e. The van der Waals surface area contributed by atoms with Gasteiger partial charge in [0, 0.05) is 6.42 Å². The summed E-state index contributed by atoms with van der Waals surface area (Å²) in [5.74, 6) is -0.125. The van der Waals surface area contributed by atoms with Gasteiger partial charge in [0.05, 0.1) is 26.4 Å². The summed E-state index contributed by atoms with van der Waals surface area (Å²) in [6.45, 7) is 0. The molecule has 0 aliphatic carbocycles. The first-order valence-electron chi connectivity index (χ1n) is 6.63. The molecule has 0 spiro atoms. The minimum Gasteiger partial charge on any atom is -0.501 e. The van der Waals surface area contributed by atoms with Gasteiger partial charge in [0.2, 0.25) is 0 Å². The van der Waals surface area contributed by atoms with E-state index in [1.54, 1.807) is 0 Å². The second-order valence-corrected chi connectivity index (χ2v) is 4.66. The van der Waals surface area contributed by atoms with E-state index in [2.05, 4.69) is 4.74 Å². The van der Waals surface area contributed by atoms with Gasteiger partial charge in [0.15, 0.2) is 0 Å². The number of aliphatic hydroxyl groups is 1. The van der Waals surface area contributed by atoms with Crippen LogP contribution in [-0.2, 0) is 14.3 Å². The van der Waals surface area contributed by atoms with Crippen LogP contribution in [0, 0.1) is 0 Å². The SMILES string of the molecule is COC(=O)/C=C(\CC(O)c1ccc2ccccc2c1)OC. The standard InChI is InChI=1S/C17H18O4/c1-20-15(11-17(19)21-2)10-16(18)14-8-7-12-5-3-4-6-13(12)9-14/h3-9,11,16,18H,10H2,1-2H3/b15-11+. The summed E-state index contributed by atoms with van der Waals surface area (Å²) in [6.07, 6.45) is 0.708. The van der Waals surface area contributed by atoms with Crippen LogP contribution in [0.15, 0.2) is 54.3 Å². The average molecular weight is 286 g/mol. The molecule has 110 valence electrons. The zero-order valence-electron chi connectivity index (χ0n) is 12.1. The molecule has 2 aromatic rings. The van der Waals surface area contributed by atoms with Gasteiger partial charge >= 0.3 is 5.97 Å². The molecule has 1 N–H and O–H groups in total. The quantitative estimate of drug-likeness (QED) is 0.521. The molecule has 4 nitrogen and oxygen atoms in total. The lowest BCUT2D eigenvalue weighted by atomic mass is 10.0. The van der Waals surface area contributed by atoms with Crippen molar-refractivity contribution in [1.29, 1.82) is 0 Å². The normalized spacial score (nSPS) is 13.0. The van der Waals surface area contributed by atoms with E-state index < -0.39 is 12.1 Å². The van der Waals surface area contributed by atoms with Crippen molar-refractivity contribution in [2.24, 2.45) is 0 Å². The minimum atomic E-state index is -0.745. The molecule has 4 heteroatoms. The summed E-state index contributed by atoms with van der Waals surface area (Å²) in [5.41, 5.74) is 0.779. The molecular weight excluding hydrogens is 268 g/mol. The molecule has 0 aromatic heterocycles. The van der Waals surface area contributed by atoms with Crippen LogP contribution in [0.2, 0.25) is 0 Å². The van der Waals surface area contributed by atoms with Crippen LogP contribution >= 0.6 is 0 Å². The number of hydrogen-bond acceptors (Lipinski definition) is 4. The zero-order chi connectivity index (χ0) is 15.2. The molecule has 1 unspecified atom stereocenters. The molecule has 0 fully saturated rings. The molecule has 2 rings (SSSR count). The predicted octanol–water partition coefficient (Wildman–Crippen LogP) is 2.97. The van der Waals surface area contributed by atoms with Gasteiger partial charge in [-0.2, -0.15) is 0 Å². The molecule has 1 atom stereocenters. The predicted molar refractivity (Wildman–Crippen MR) is 80.6 cm³/mol. The maximum atomic E-state index is 11.2. The van der Waals surface area contributed by atoms with Gasteiger partial charge in [-0.1, -0.05) is 36.4 Å². The second-order valence-electron chi connectivity index (χ2n) is 4.66. The molecule has 0 aliphatic rings. The third-order valence-electron chi connectivity index (χ3n) is 3.30. The highest BCUT2D eigenvalue weighted by molar-refractivity contribution is 5.83. The van der Waals surface area contributed by atoms with Gasteiger partial charge in [0.25, 0.3) is 0 Å². The number of ether oxygens (including phenoxy) is 2. The molecule has 0 saturated heterocycles. The summed E-state index contributed by atoms with van der Waals surface area (Å²) in [4.78, 5) is 11.2. The van der Waals surface area contributed by atoms with Crippen LogP contribution in [0.1, 0.15) is 18.1 Å². The van der Waals surface area contributed by atoms with Crippen molar-refractivity contribution < 1.29 is 19.4 Å². The van der Waals surface area contributed by atoms with E-state index in [-0.39, 0.29) is 6.42 Å². The second kappa shape index (κ2) is 6.90. The monoisotopic (exact) mass is 286 g/mol. The molecule has 0 aliphatic heterocycles. The summed E-state index contributed by atoms with van der Waals surface area (Å²) >= 11 is 0. The molecule has 0 saturated carbocycles. The number of benzene rings is 2. The van der Waals surface area contributed by atoms with E-state index in [1.807, 2.05) is 42.5 Å². The van der Waals surface area contributed by atoms with Gasteiger partial charge in [-0.25, -0.2) is 4.79 Å². The molecule has 0 radical (unpaired) electrons. The maximum Gasteiger partial charge on any atom is 0.333 e. The number of hydrogen-bond donors (Lipinski definition) is 1. The fraction of sp³-hybridized carbons (Fsp3) is 0.235. The fourth-order valence-corrected chi connectivity index (χ4v) is 2.12. The summed E-state index contributed by atoms with van der Waals surface area (Å²) < 4.78 is 9.65. The Morgan fingerprint density at radius 2 is 1.86 bits per heavy atom. The Balaban J connectivity index is 2.19. The number of fused-ring (bicyclic) bond motifs is 1. The van der Waals surface area contributed by atoms with Crippen molar-refractivity contribution >= 4 is 16.7 Å². The highest BCUT2D eigenvalue weighted by Gasteiger charge is 2.13. The molecule has 0 heterocycles. The number of carbonyl (C=O) groups is 1. The lowest BCUT2D eigenvalue weighted by Crippen LogP contribution is -2.04. The summed E-state index contributed by atoms with van der Waals surface area (Å²) in [5, 5.41) is 12.5. The Kier molecular flexibility index (Phi) is 4.95. The fourth-order valence-electron chi connectivity index (χ4n) is 2.12. The first-order valence-corrected chi connectivity index (χ1v) is 6.63. The maximum absolute atomic E-state index is 11.2. The van der Waals surface area contributed by atoms with Crippen molar-refractivity contribution in [3.8, 4) is 0 Å². The molecular formula is C17H18O4. The van der Waals surface area contributed by atoms with Crippen molar-refractivity contribution in [3.05, 3.63) is 59.9 Å². The van der Waals surface area contributed by atoms with Gasteiger partial charge < -0.3 is 14.6 Å². The molecule has 21 heavy (non-hydrogen) atoms. The third-order valence-corrected chi connectivity index (χ3v) is 3.30. The lowest BCUT2D eigenvalue weighted by molar-refractivity contribution is -0.135. The average Bonchev–Trinajstić information content (AvgIpc) is 2.53. The van der Waals surface area contributed by atoms with Crippen LogP contribution < -0.4 is 0 Å². The zero-order valence-corrected chi connectivity index (χ0v) is 12.1. The van der Waals surface area contributed by atoms with E-state index in [4.69, 9.17) is 4.74 Å². The van der Waals surface area contributed by atoms with Gasteiger partial charge in [-0.3, -0.25) is 0 Å². The lowest BCUT2D eigenvalue weighted by Gasteiger charge is -2.13. The van der Waals surface area contributed by atoms with Gasteiger partial charge in [-0.15, -0.1) is 0 Å². The van der Waals surface area contributed by atoms with Gasteiger partial charge in [-0.05, 0) is 22.4 Å². The highest BCUT2D eigenvalue weighted by atomic mass is 16.5.